The van der Waals surface area contributed by atoms with Crippen molar-refractivity contribution in [3.05, 3.63) is 11.9 Å². The first-order valence-electron chi connectivity index (χ1n) is 7.90. The van der Waals surface area contributed by atoms with Crippen LogP contribution in [0.4, 0.5) is 0 Å². The van der Waals surface area contributed by atoms with Gasteiger partial charge in [0, 0.05) is 18.8 Å². The summed E-state index contributed by atoms with van der Waals surface area (Å²) in [5, 5.41) is 11.8. The number of hydrogen-bond donors (Lipinski definition) is 1. The molecule has 0 aromatic carbocycles. The van der Waals surface area contributed by atoms with Crippen LogP contribution in [0.25, 0.3) is 0 Å². The van der Waals surface area contributed by atoms with Gasteiger partial charge >= 0.3 is 0 Å². The molecule has 0 saturated heterocycles. The summed E-state index contributed by atoms with van der Waals surface area (Å²) in [5.41, 5.74) is 1.07. The van der Waals surface area contributed by atoms with Crippen LogP contribution in [0.1, 0.15) is 60.6 Å². The van der Waals surface area contributed by atoms with Gasteiger partial charge in [-0.05, 0) is 52.9 Å². The minimum absolute atomic E-state index is 0.104. The number of aromatic nitrogens is 3. The molecule has 122 valence electrons. The van der Waals surface area contributed by atoms with Crippen LogP contribution in [-0.4, -0.2) is 33.2 Å². The third kappa shape index (κ3) is 7.05. The van der Waals surface area contributed by atoms with Crippen molar-refractivity contribution in [2.75, 3.05) is 6.61 Å². The molecule has 0 saturated carbocycles. The Labute approximate surface area is 129 Å². The number of ether oxygens (including phenoxy) is 1. The van der Waals surface area contributed by atoms with E-state index in [4.69, 9.17) is 4.74 Å². The fourth-order valence-corrected chi connectivity index (χ4v) is 2.92. The number of nitrogens with one attached hydrogen (secondary N) is 1. The molecule has 1 heterocycles. The third-order valence-corrected chi connectivity index (χ3v) is 3.35. The molecule has 1 aromatic rings. The molecule has 0 unspecified atom stereocenters. The van der Waals surface area contributed by atoms with Crippen molar-refractivity contribution >= 4 is 0 Å². The minimum Gasteiger partial charge on any atom is -0.376 e. The van der Waals surface area contributed by atoms with Crippen molar-refractivity contribution in [1.82, 2.24) is 20.3 Å². The lowest BCUT2D eigenvalue weighted by molar-refractivity contribution is -0.0397. The second-order valence-electron chi connectivity index (χ2n) is 7.48. The largest absolute Gasteiger partial charge is 0.376 e. The number of rotatable bonds is 9. The van der Waals surface area contributed by atoms with Gasteiger partial charge in [-0.15, -0.1) is 5.10 Å². The van der Waals surface area contributed by atoms with Crippen molar-refractivity contribution in [3.8, 4) is 0 Å². The van der Waals surface area contributed by atoms with E-state index in [1.807, 2.05) is 17.8 Å². The molecular formula is C16H32N4O. The van der Waals surface area contributed by atoms with Crippen molar-refractivity contribution in [2.45, 2.75) is 79.6 Å². The quantitative estimate of drug-likeness (QED) is 0.761. The Hall–Kier alpha value is -0.940. The summed E-state index contributed by atoms with van der Waals surface area (Å²) in [4.78, 5) is 0. The van der Waals surface area contributed by atoms with Crippen LogP contribution >= 0.6 is 0 Å². The molecule has 21 heavy (non-hydrogen) atoms. The van der Waals surface area contributed by atoms with E-state index in [9.17, 15) is 0 Å². The Balaban J connectivity index is 2.58. The Morgan fingerprint density at radius 3 is 2.52 bits per heavy atom. The van der Waals surface area contributed by atoms with Crippen molar-refractivity contribution in [2.24, 2.45) is 5.41 Å². The monoisotopic (exact) mass is 296 g/mol. The predicted molar refractivity (Wildman–Crippen MR) is 86.1 cm³/mol. The molecule has 5 nitrogen and oxygen atoms in total. The standard InChI is InChI=1S/C16H32N4O/c1-8-21-16(6,7)11-15(4,5)9-14-10-20(19-18-14)12-17-13(2)3/h10,13,17H,8-9,11-12H2,1-7H3. The third-order valence-electron chi connectivity index (χ3n) is 3.35. The van der Waals surface area contributed by atoms with Crippen LogP contribution in [0, 0.1) is 5.41 Å². The molecule has 1 aromatic heterocycles. The van der Waals surface area contributed by atoms with E-state index in [1.165, 1.54) is 0 Å². The summed E-state index contributed by atoms with van der Waals surface area (Å²) in [5.74, 6) is 0. The molecule has 0 aliphatic carbocycles. The molecule has 0 radical (unpaired) electrons. The molecule has 0 bridgehead atoms. The van der Waals surface area contributed by atoms with Crippen molar-refractivity contribution < 1.29 is 4.74 Å². The summed E-state index contributed by atoms with van der Waals surface area (Å²) in [7, 11) is 0. The summed E-state index contributed by atoms with van der Waals surface area (Å²) in [6.45, 7) is 16.6. The first-order valence-corrected chi connectivity index (χ1v) is 7.90. The SMILES string of the molecule is CCOC(C)(C)CC(C)(C)Cc1cn(CNC(C)C)nn1. The highest BCUT2D eigenvalue weighted by atomic mass is 16.5. The molecule has 0 spiro atoms. The molecular weight excluding hydrogens is 264 g/mol. The fourth-order valence-electron chi connectivity index (χ4n) is 2.92. The van der Waals surface area contributed by atoms with E-state index >= 15 is 0 Å². The van der Waals surface area contributed by atoms with E-state index in [2.05, 4.69) is 57.2 Å². The van der Waals surface area contributed by atoms with Gasteiger partial charge in [0.2, 0.25) is 0 Å². The van der Waals surface area contributed by atoms with Crippen LogP contribution < -0.4 is 5.32 Å². The lowest BCUT2D eigenvalue weighted by Crippen LogP contribution is -2.32. The highest BCUT2D eigenvalue weighted by Gasteiger charge is 2.30. The van der Waals surface area contributed by atoms with Gasteiger partial charge in [-0.3, -0.25) is 5.32 Å². The van der Waals surface area contributed by atoms with Crippen LogP contribution in [0.3, 0.4) is 0 Å². The van der Waals surface area contributed by atoms with E-state index in [1.54, 1.807) is 0 Å². The average Bonchev–Trinajstić information content (AvgIpc) is 2.71. The zero-order chi connectivity index (χ0) is 16.1. The van der Waals surface area contributed by atoms with E-state index in [0.29, 0.717) is 12.7 Å². The molecule has 0 atom stereocenters. The summed E-state index contributed by atoms with van der Waals surface area (Å²) in [6, 6.07) is 0.445. The van der Waals surface area contributed by atoms with Gasteiger partial charge in [-0.2, -0.15) is 0 Å². The van der Waals surface area contributed by atoms with Gasteiger partial charge in [-0.1, -0.05) is 19.1 Å². The highest BCUT2D eigenvalue weighted by Crippen LogP contribution is 2.32. The number of nitrogens with zero attached hydrogens (tertiary/aromatic N) is 3. The van der Waals surface area contributed by atoms with Gasteiger partial charge in [0.15, 0.2) is 0 Å². The number of hydrogen-bond acceptors (Lipinski definition) is 4. The fraction of sp³-hybridized carbons (Fsp3) is 0.875. The Morgan fingerprint density at radius 2 is 1.95 bits per heavy atom. The average molecular weight is 296 g/mol. The van der Waals surface area contributed by atoms with E-state index in [0.717, 1.165) is 25.1 Å². The summed E-state index contributed by atoms with van der Waals surface area (Å²) < 4.78 is 7.68. The topological polar surface area (TPSA) is 52.0 Å². The second kappa shape index (κ2) is 7.36. The van der Waals surface area contributed by atoms with E-state index in [-0.39, 0.29) is 11.0 Å². The molecule has 0 amide bonds. The lowest BCUT2D eigenvalue weighted by atomic mass is 9.78. The Morgan fingerprint density at radius 1 is 1.29 bits per heavy atom. The van der Waals surface area contributed by atoms with Gasteiger partial charge < -0.3 is 4.74 Å². The molecule has 0 fully saturated rings. The van der Waals surface area contributed by atoms with Crippen LogP contribution in [-0.2, 0) is 17.8 Å². The Kier molecular flexibility index (Phi) is 6.35. The summed E-state index contributed by atoms with van der Waals surface area (Å²) >= 11 is 0. The van der Waals surface area contributed by atoms with Crippen LogP contribution in [0.5, 0.6) is 0 Å². The summed E-state index contributed by atoms with van der Waals surface area (Å²) in [6.07, 6.45) is 3.93. The van der Waals surface area contributed by atoms with Gasteiger partial charge in [0.25, 0.3) is 0 Å². The van der Waals surface area contributed by atoms with Gasteiger partial charge in [0.05, 0.1) is 18.0 Å². The zero-order valence-electron chi connectivity index (χ0n) is 14.7. The molecule has 1 N–H and O–H groups in total. The first kappa shape index (κ1) is 18.1. The van der Waals surface area contributed by atoms with Crippen LogP contribution in [0.15, 0.2) is 6.20 Å². The minimum atomic E-state index is -0.104. The van der Waals surface area contributed by atoms with Gasteiger partial charge in [-0.25, -0.2) is 4.68 Å². The highest BCUT2D eigenvalue weighted by molar-refractivity contribution is 4.98. The maximum Gasteiger partial charge on any atom is 0.0923 e. The smallest absolute Gasteiger partial charge is 0.0923 e. The van der Waals surface area contributed by atoms with E-state index < -0.39 is 0 Å². The zero-order valence-corrected chi connectivity index (χ0v) is 14.7. The maximum atomic E-state index is 5.82. The normalized spacial score (nSPS) is 13.1. The predicted octanol–water partition coefficient (Wildman–Crippen LogP) is 3.01. The molecule has 5 heteroatoms. The molecule has 1 rings (SSSR count). The lowest BCUT2D eigenvalue weighted by Gasteiger charge is -2.34. The maximum absolute atomic E-state index is 5.82. The van der Waals surface area contributed by atoms with Crippen molar-refractivity contribution in [3.63, 3.8) is 0 Å². The second-order valence-corrected chi connectivity index (χ2v) is 7.48. The molecule has 0 aliphatic heterocycles. The van der Waals surface area contributed by atoms with Gasteiger partial charge in [0.1, 0.15) is 0 Å². The van der Waals surface area contributed by atoms with Crippen molar-refractivity contribution in [1.29, 1.82) is 0 Å². The van der Waals surface area contributed by atoms with Crippen LogP contribution in [0.2, 0.25) is 0 Å². The first-order chi connectivity index (χ1) is 9.63. The molecule has 0 aliphatic rings. The Bertz CT molecular complexity index is 424.